The molecule has 32 heavy (non-hydrogen) atoms. The fourth-order valence-electron chi connectivity index (χ4n) is 3.56. The number of benzene rings is 3. The molecule has 4 rings (SSSR count). The molecule has 0 bridgehead atoms. The Morgan fingerprint density at radius 2 is 1.62 bits per heavy atom. The van der Waals surface area contributed by atoms with Gasteiger partial charge in [-0.15, -0.1) is 0 Å². The lowest BCUT2D eigenvalue weighted by atomic mass is 10.0. The molecule has 1 aliphatic heterocycles. The number of nitrogens with zero attached hydrogens (tertiary/aromatic N) is 2. The zero-order valence-corrected chi connectivity index (χ0v) is 18.1. The Balaban J connectivity index is 1.70. The molecule has 0 radical (unpaired) electrons. The van der Waals surface area contributed by atoms with E-state index in [0.717, 1.165) is 11.1 Å². The molecule has 0 aliphatic carbocycles. The van der Waals surface area contributed by atoms with Crippen molar-refractivity contribution in [1.82, 2.24) is 5.32 Å². The molecule has 0 saturated carbocycles. The van der Waals surface area contributed by atoms with Crippen LogP contribution >= 0.6 is 0 Å². The van der Waals surface area contributed by atoms with Gasteiger partial charge in [0.25, 0.3) is 5.91 Å². The number of methoxy groups -OCH3 is 2. The number of amides is 2. The van der Waals surface area contributed by atoms with Crippen LogP contribution in [0.3, 0.4) is 0 Å². The molecule has 0 unspecified atom stereocenters. The molecule has 1 N–H and O–H groups in total. The molecule has 0 saturated heterocycles. The molecule has 7 heteroatoms. The number of likely N-dealkylation sites (N-methyl/N-ethyl adjacent to an activating group) is 1. The molecule has 3 aromatic carbocycles. The van der Waals surface area contributed by atoms with E-state index in [1.807, 2.05) is 48.5 Å². The smallest absolute Gasteiger partial charge is 0.256 e. The minimum Gasteiger partial charge on any atom is -0.493 e. The first kappa shape index (κ1) is 21.1. The number of aliphatic imine (C=N–C) groups is 1. The van der Waals surface area contributed by atoms with Crippen LogP contribution in [0.2, 0.25) is 0 Å². The topological polar surface area (TPSA) is 80.2 Å². The van der Waals surface area contributed by atoms with Gasteiger partial charge >= 0.3 is 0 Å². The van der Waals surface area contributed by atoms with Crippen LogP contribution in [0.1, 0.15) is 15.9 Å². The number of carbonyl (C=O) groups is 2. The van der Waals surface area contributed by atoms with Gasteiger partial charge in [0, 0.05) is 24.2 Å². The highest BCUT2D eigenvalue weighted by atomic mass is 16.5. The third-order valence-electron chi connectivity index (χ3n) is 5.33. The Morgan fingerprint density at radius 3 is 2.34 bits per heavy atom. The van der Waals surface area contributed by atoms with Gasteiger partial charge in [-0.25, -0.2) is 0 Å². The van der Waals surface area contributed by atoms with Crippen LogP contribution in [-0.2, 0) is 4.79 Å². The van der Waals surface area contributed by atoms with Gasteiger partial charge in [-0.05, 0) is 29.3 Å². The van der Waals surface area contributed by atoms with Gasteiger partial charge in [-0.3, -0.25) is 14.6 Å². The number of fused-ring (bicyclic) bond motifs is 1. The summed E-state index contributed by atoms with van der Waals surface area (Å²) in [5, 5.41) is 2.88. The number of hydrogen-bond acceptors (Lipinski definition) is 5. The van der Waals surface area contributed by atoms with Crippen molar-refractivity contribution < 1.29 is 19.1 Å². The number of hydrogen-bond donors (Lipinski definition) is 1. The highest BCUT2D eigenvalue weighted by Gasteiger charge is 2.25. The standard InChI is InChI=1S/C25H23N3O4/c1-28-20-14-22(32-3)21(31-2)13-19(20)24(26-15-23(28)29)27-25(30)18-11-7-10-17(12-18)16-8-5-4-6-9-16/h4-14H,15H2,1-3H3,(H,26,27,30). The predicted octanol–water partition coefficient (Wildman–Crippen LogP) is 3.52. The van der Waals surface area contributed by atoms with E-state index >= 15 is 0 Å². The monoisotopic (exact) mass is 429 g/mol. The second-order valence-electron chi connectivity index (χ2n) is 7.24. The van der Waals surface area contributed by atoms with Crippen molar-refractivity contribution in [3.05, 3.63) is 77.9 Å². The third-order valence-corrected chi connectivity index (χ3v) is 5.33. The number of anilines is 1. The van der Waals surface area contributed by atoms with E-state index in [1.54, 1.807) is 25.2 Å². The maximum Gasteiger partial charge on any atom is 0.256 e. The summed E-state index contributed by atoms with van der Waals surface area (Å²) in [5.41, 5.74) is 3.58. The lowest BCUT2D eigenvalue weighted by molar-refractivity contribution is -0.116. The third kappa shape index (κ3) is 4.05. The average molecular weight is 429 g/mol. The zero-order valence-electron chi connectivity index (χ0n) is 18.1. The molecular formula is C25H23N3O4. The first-order chi connectivity index (χ1) is 15.5. The van der Waals surface area contributed by atoms with E-state index in [4.69, 9.17) is 9.47 Å². The molecule has 1 heterocycles. The van der Waals surface area contributed by atoms with Crippen LogP contribution < -0.4 is 19.7 Å². The van der Waals surface area contributed by atoms with Gasteiger partial charge in [0.15, 0.2) is 11.5 Å². The van der Waals surface area contributed by atoms with Crippen LogP contribution in [0.25, 0.3) is 11.1 Å². The minimum absolute atomic E-state index is 0.0878. The lowest BCUT2D eigenvalue weighted by Gasteiger charge is -2.20. The maximum atomic E-state index is 13.1. The SMILES string of the molecule is COc1cc2c(cc1OC)N(C)C(=O)CN=C2NC(=O)c1cccc(-c2ccccc2)c1. The van der Waals surface area contributed by atoms with E-state index < -0.39 is 0 Å². The summed E-state index contributed by atoms with van der Waals surface area (Å²) in [6.07, 6.45) is 0. The van der Waals surface area contributed by atoms with Gasteiger partial charge in [0.2, 0.25) is 5.91 Å². The largest absolute Gasteiger partial charge is 0.493 e. The van der Waals surface area contributed by atoms with Crippen molar-refractivity contribution in [3.63, 3.8) is 0 Å². The number of rotatable bonds is 4. The molecule has 0 fully saturated rings. The summed E-state index contributed by atoms with van der Waals surface area (Å²) >= 11 is 0. The van der Waals surface area contributed by atoms with Crippen molar-refractivity contribution in [2.75, 3.05) is 32.7 Å². The van der Waals surface area contributed by atoms with Crippen molar-refractivity contribution in [2.45, 2.75) is 0 Å². The number of ether oxygens (including phenoxy) is 2. The van der Waals surface area contributed by atoms with E-state index in [9.17, 15) is 9.59 Å². The van der Waals surface area contributed by atoms with Crippen LogP contribution in [0.5, 0.6) is 11.5 Å². The number of benzodiazepines with no additional fused rings is 1. The average Bonchev–Trinajstić information content (AvgIpc) is 2.95. The summed E-state index contributed by atoms with van der Waals surface area (Å²) in [5.74, 6) is 0.734. The summed E-state index contributed by atoms with van der Waals surface area (Å²) in [4.78, 5) is 31.4. The van der Waals surface area contributed by atoms with Gasteiger partial charge in [0.05, 0.1) is 19.9 Å². The predicted molar refractivity (Wildman–Crippen MR) is 124 cm³/mol. The van der Waals surface area contributed by atoms with E-state index in [1.165, 1.54) is 19.1 Å². The van der Waals surface area contributed by atoms with Crippen molar-refractivity contribution in [2.24, 2.45) is 4.99 Å². The van der Waals surface area contributed by atoms with Gasteiger partial charge in [-0.2, -0.15) is 0 Å². The Kier molecular flexibility index (Phi) is 5.89. The molecule has 0 spiro atoms. The van der Waals surface area contributed by atoms with Crippen LogP contribution in [-0.4, -0.2) is 45.5 Å². The molecule has 0 aromatic heterocycles. The summed E-state index contributed by atoms with van der Waals surface area (Å²) in [7, 11) is 4.72. The van der Waals surface area contributed by atoms with E-state index in [2.05, 4.69) is 10.3 Å². The Morgan fingerprint density at radius 1 is 0.938 bits per heavy atom. The Hall–Kier alpha value is -4.13. The maximum absolute atomic E-state index is 13.1. The quantitative estimate of drug-likeness (QED) is 0.688. The lowest BCUT2D eigenvalue weighted by Crippen LogP contribution is -2.32. The number of nitrogens with one attached hydrogen (secondary N) is 1. The minimum atomic E-state index is -0.320. The first-order valence-corrected chi connectivity index (χ1v) is 10.1. The van der Waals surface area contributed by atoms with E-state index in [-0.39, 0.29) is 18.4 Å². The zero-order chi connectivity index (χ0) is 22.7. The summed E-state index contributed by atoms with van der Waals surface area (Å²) in [6, 6.07) is 20.6. The van der Waals surface area contributed by atoms with Crippen LogP contribution in [0.15, 0.2) is 71.7 Å². The fourth-order valence-corrected chi connectivity index (χ4v) is 3.56. The highest BCUT2D eigenvalue weighted by molar-refractivity contribution is 6.18. The van der Waals surface area contributed by atoms with Crippen molar-refractivity contribution in [1.29, 1.82) is 0 Å². The van der Waals surface area contributed by atoms with E-state index in [0.29, 0.717) is 34.1 Å². The summed E-state index contributed by atoms with van der Waals surface area (Å²) < 4.78 is 10.8. The molecule has 1 aliphatic rings. The van der Waals surface area contributed by atoms with Crippen molar-refractivity contribution in [3.8, 4) is 22.6 Å². The van der Waals surface area contributed by atoms with Crippen LogP contribution in [0.4, 0.5) is 5.69 Å². The second kappa shape index (κ2) is 8.93. The molecule has 162 valence electrons. The normalized spacial score (nSPS) is 13.0. The van der Waals surface area contributed by atoms with Crippen molar-refractivity contribution >= 4 is 23.3 Å². The Bertz CT molecular complexity index is 1210. The first-order valence-electron chi connectivity index (χ1n) is 10.1. The summed E-state index contributed by atoms with van der Waals surface area (Å²) in [6.45, 7) is -0.0878. The second-order valence-corrected chi connectivity index (χ2v) is 7.24. The van der Waals surface area contributed by atoms with Gasteiger partial charge < -0.3 is 19.7 Å². The van der Waals surface area contributed by atoms with Gasteiger partial charge in [-0.1, -0.05) is 42.5 Å². The number of carbonyl (C=O) groups excluding carboxylic acids is 2. The van der Waals surface area contributed by atoms with Crippen LogP contribution in [0, 0.1) is 0 Å². The molecule has 3 aromatic rings. The molecule has 0 atom stereocenters. The van der Waals surface area contributed by atoms with Gasteiger partial charge in [0.1, 0.15) is 12.4 Å². The molecule has 7 nitrogen and oxygen atoms in total. The highest BCUT2D eigenvalue weighted by Crippen LogP contribution is 2.36. The fraction of sp³-hybridized carbons (Fsp3) is 0.160. The molecule has 2 amide bonds. The number of amidine groups is 1. The Labute approximate surface area is 186 Å². The molecular weight excluding hydrogens is 406 g/mol.